The van der Waals surface area contributed by atoms with Crippen molar-refractivity contribution in [2.24, 2.45) is 17.3 Å². The topological polar surface area (TPSA) is 95.9 Å². The summed E-state index contributed by atoms with van der Waals surface area (Å²) in [4.78, 5) is 39.2. The molecule has 3 amide bonds. The van der Waals surface area contributed by atoms with E-state index in [9.17, 15) is 19.6 Å². The van der Waals surface area contributed by atoms with Crippen LogP contribution in [0.1, 0.15) is 67.7 Å². The van der Waals surface area contributed by atoms with Crippen molar-refractivity contribution in [1.29, 1.82) is 0 Å². The molecule has 0 aliphatic carbocycles. The standard InChI is InChI=1S/C20H36N2O5/c1-9-10-11-15(12-13(2)3)17(23)22(19(25)21-26)16(20(6,7)8)18(24)27-14(4)5/h9,13-16,26H,1,10-12H2,2-8H3,(H,21,25)/t15?,16-/m1/s1. The molecule has 0 rings (SSSR count). The van der Waals surface area contributed by atoms with Gasteiger partial charge in [0.15, 0.2) is 0 Å². The van der Waals surface area contributed by atoms with Crippen LogP contribution in [0.5, 0.6) is 0 Å². The number of carbonyl (C=O) groups is 3. The maximum Gasteiger partial charge on any atom is 0.348 e. The van der Waals surface area contributed by atoms with Crippen LogP contribution in [-0.4, -0.2) is 40.2 Å². The number of urea groups is 1. The average Bonchev–Trinajstić information content (AvgIpc) is 2.52. The van der Waals surface area contributed by atoms with E-state index in [2.05, 4.69) is 6.58 Å². The minimum atomic E-state index is -1.17. The summed E-state index contributed by atoms with van der Waals surface area (Å²) in [6.07, 6.45) is 2.98. The van der Waals surface area contributed by atoms with Gasteiger partial charge in [-0.2, -0.15) is 0 Å². The number of rotatable bonds is 9. The van der Waals surface area contributed by atoms with Crippen LogP contribution in [0.15, 0.2) is 12.7 Å². The van der Waals surface area contributed by atoms with Gasteiger partial charge in [0.1, 0.15) is 6.04 Å². The van der Waals surface area contributed by atoms with E-state index >= 15 is 0 Å². The number of hydroxylamine groups is 1. The van der Waals surface area contributed by atoms with E-state index < -0.39 is 41.4 Å². The lowest BCUT2D eigenvalue weighted by atomic mass is 9.84. The molecule has 0 heterocycles. The summed E-state index contributed by atoms with van der Waals surface area (Å²) in [5.41, 5.74) is 0.726. The molecule has 0 bridgehead atoms. The molecule has 0 aromatic rings. The highest BCUT2D eigenvalue weighted by atomic mass is 16.5. The molecule has 0 spiro atoms. The summed E-state index contributed by atoms with van der Waals surface area (Å²) in [5.74, 6) is -1.44. The molecule has 0 fully saturated rings. The minimum Gasteiger partial charge on any atom is -0.461 e. The summed E-state index contributed by atoms with van der Waals surface area (Å²) >= 11 is 0. The zero-order chi connectivity index (χ0) is 21.4. The number of amides is 3. The number of hydrogen-bond acceptors (Lipinski definition) is 5. The molecule has 2 N–H and O–H groups in total. The van der Waals surface area contributed by atoms with Crippen LogP contribution in [0.2, 0.25) is 0 Å². The average molecular weight is 385 g/mol. The maximum atomic E-state index is 13.3. The van der Waals surface area contributed by atoms with E-state index in [-0.39, 0.29) is 5.92 Å². The number of nitrogens with zero attached hydrogens (tertiary/aromatic N) is 1. The molecule has 0 aromatic heterocycles. The Morgan fingerprint density at radius 2 is 1.74 bits per heavy atom. The van der Waals surface area contributed by atoms with Gasteiger partial charge in [0, 0.05) is 5.92 Å². The van der Waals surface area contributed by atoms with E-state index in [0.717, 1.165) is 4.90 Å². The van der Waals surface area contributed by atoms with Crippen LogP contribution in [0, 0.1) is 17.3 Å². The number of nitrogens with one attached hydrogen (secondary N) is 1. The Labute approximate surface area is 163 Å². The number of hydrogen-bond donors (Lipinski definition) is 2. The van der Waals surface area contributed by atoms with Crippen LogP contribution in [-0.2, 0) is 14.3 Å². The van der Waals surface area contributed by atoms with Crippen molar-refractivity contribution in [3.8, 4) is 0 Å². The lowest BCUT2D eigenvalue weighted by molar-refractivity contribution is -0.162. The Balaban J connectivity index is 6.06. The van der Waals surface area contributed by atoms with Gasteiger partial charge in [0.2, 0.25) is 5.91 Å². The SMILES string of the molecule is C=CCCC(CC(C)C)C(=O)N(C(=O)NO)[C@H](C(=O)OC(C)C)C(C)(C)C. The van der Waals surface area contributed by atoms with Crippen molar-refractivity contribution in [2.75, 3.05) is 0 Å². The van der Waals surface area contributed by atoms with Gasteiger partial charge in [0.25, 0.3) is 0 Å². The van der Waals surface area contributed by atoms with Gasteiger partial charge in [-0.25, -0.2) is 20.0 Å². The zero-order valence-electron chi connectivity index (χ0n) is 17.7. The van der Waals surface area contributed by atoms with Crippen LogP contribution in [0.4, 0.5) is 4.79 Å². The molecular weight excluding hydrogens is 348 g/mol. The van der Waals surface area contributed by atoms with Crippen molar-refractivity contribution in [1.82, 2.24) is 10.4 Å². The Kier molecular flexibility index (Phi) is 10.3. The molecule has 0 saturated carbocycles. The molecule has 156 valence electrons. The molecule has 0 saturated heterocycles. The summed E-state index contributed by atoms with van der Waals surface area (Å²) in [7, 11) is 0. The Morgan fingerprint density at radius 3 is 2.11 bits per heavy atom. The van der Waals surface area contributed by atoms with Crippen LogP contribution in [0.3, 0.4) is 0 Å². The van der Waals surface area contributed by atoms with E-state index in [4.69, 9.17) is 4.74 Å². The van der Waals surface area contributed by atoms with Crippen molar-refractivity contribution in [3.05, 3.63) is 12.7 Å². The second kappa shape index (κ2) is 11.1. The zero-order valence-corrected chi connectivity index (χ0v) is 17.7. The van der Waals surface area contributed by atoms with E-state index in [1.807, 2.05) is 13.8 Å². The van der Waals surface area contributed by atoms with Crippen LogP contribution >= 0.6 is 0 Å². The van der Waals surface area contributed by atoms with Crippen molar-refractivity contribution >= 4 is 17.9 Å². The van der Waals surface area contributed by atoms with Gasteiger partial charge in [-0.3, -0.25) is 10.0 Å². The fourth-order valence-electron chi connectivity index (χ4n) is 2.97. The van der Waals surface area contributed by atoms with E-state index in [1.54, 1.807) is 40.7 Å². The highest BCUT2D eigenvalue weighted by Crippen LogP contribution is 2.30. The van der Waals surface area contributed by atoms with Crippen LogP contribution in [0.25, 0.3) is 0 Å². The molecule has 1 unspecified atom stereocenters. The summed E-state index contributed by atoms with van der Waals surface area (Å²) in [6.45, 7) is 16.3. The third kappa shape index (κ3) is 8.12. The first-order valence-corrected chi connectivity index (χ1v) is 9.45. The number of allylic oxidation sites excluding steroid dienone is 1. The molecule has 0 aliphatic rings. The van der Waals surface area contributed by atoms with Crippen LogP contribution < -0.4 is 5.48 Å². The fraction of sp³-hybridized carbons (Fsp3) is 0.750. The van der Waals surface area contributed by atoms with E-state index in [1.165, 1.54) is 5.48 Å². The van der Waals surface area contributed by atoms with E-state index in [0.29, 0.717) is 19.3 Å². The third-order valence-corrected chi connectivity index (χ3v) is 4.03. The molecule has 0 aromatic carbocycles. The Morgan fingerprint density at radius 1 is 1.19 bits per heavy atom. The monoisotopic (exact) mass is 384 g/mol. The lowest BCUT2D eigenvalue weighted by Crippen LogP contribution is -2.59. The summed E-state index contributed by atoms with van der Waals surface area (Å²) in [6, 6.07) is -2.20. The molecule has 2 atom stereocenters. The molecule has 7 heteroatoms. The molecular formula is C20H36N2O5. The normalized spacial score (nSPS) is 13.9. The second-order valence-corrected chi connectivity index (χ2v) is 8.57. The van der Waals surface area contributed by atoms with Gasteiger partial charge in [0.05, 0.1) is 6.10 Å². The number of imide groups is 1. The Hall–Kier alpha value is -1.89. The fourth-order valence-corrected chi connectivity index (χ4v) is 2.97. The lowest BCUT2D eigenvalue weighted by Gasteiger charge is -2.38. The first-order chi connectivity index (χ1) is 12.4. The largest absolute Gasteiger partial charge is 0.461 e. The van der Waals surface area contributed by atoms with Crippen molar-refractivity contribution in [2.45, 2.75) is 79.9 Å². The highest BCUT2D eigenvalue weighted by Gasteiger charge is 2.45. The van der Waals surface area contributed by atoms with Gasteiger partial charge < -0.3 is 4.74 Å². The third-order valence-electron chi connectivity index (χ3n) is 4.03. The maximum absolute atomic E-state index is 13.3. The predicted molar refractivity (Wildman–Crippen MR) is 104 cm³/mol. The first-order valence-electron chi connectivity index (χ1n) is 9.45. The van der Waals surface area contributed by atoms with Gasteiger partial charge in [-0.1, -0.05) is 40.7 Å². The second-order valence-electron chi connectivity index (χ2n) is 8.57. The molecule has 0 radical (unpaired) electrons. The first kappa shape index (κ1) is 25.1. The van der Waals surface area contributed by atoms with Gasteiger partial charge >= 0.3 is 12.0 Å². The summed E-state index contributed by atoms with van der Waals surface area (Å²) < 4.78 is 5.30. The number of esters is 1. The smallest absolute Gasteiger partial charge is 0.348 e. The van der Waals surface area contributed by atoms with Gasteiger partial charge in [-0.05, 0) is 44.4 Å². The van der Waals surface area contributed by atoms with Crippen molar-refractivity contribution in [3.63, 3.8) is 0 Å². The quantitative estimate of drug-likeness (QED) is 0.272. The highest BCUT2D eigenvalue weighted by molar-refractivity contribution is 5.99. The predicted octanol–water partition coefficient (Wildman–Crippen LogP) is 3.91. The molecule has 7 nitrogen and oxygen atoms in total. The van der Waals surface area contributed by atoms with Gasteiger partial charge in [-0.15, -0.1) is 6.58 Å². The summed E-state index contributed by atoms with van der Waals surface area (Å²) in [5, 5.41) is 9.21. The Bertz CT molecular complexity index is 523. The minimum absolute atomic E-state index is 0.221. The number of ether oxygens (including phenoxy) is 1. The molecule has 0 aliphatic heterocycles. The van der Waals surface area contributed by atoms with Crippen molar-refractivity contribution < 1.29 is 24.3 Å². The number of carbonyl (C=O) groups excluding carboxylic acids is 3. The molecule has 27 heavy (non-hydrogen) atoms.